The number of hydrogen-bond acceptors (Lipinski definition) is 6. The van der Waals surface area contributed by atoms with Crippen LogP contribution in [-0.2, 0) is 4.74 Å². The van der Waals surface area contributed by atoms with Crippen LogP contribution in [0.5, 0.6) is 5.75 Å². The summed E-state index contributed by atoms with van der Waals surface area (Å²) >= 11 is 0. The number of anilines is 1. The monoisotopic (exact) mass is 248 g/mol. The molecule has 0 saturated carbocycles. The van der Waals surface area contributed by atoms with Crippen LogP contribution in [0, 0.1) is 0 Å². The molecule has 2 aromatic rings. The molecule has 1 aromatic carbocycles. The molecule has 0 aliphatic heterocycles. The summed E-state index contributed by atoms with van der Waals surface area (Å²) in [5.41, 5.74) is 6.67. The third kappa shape index (κ3) is 2.00. The maximum atomic E-state index is 11.6. The van der Waals surface area contributed by atoms with E-state index in [4.69, 9.17) is 15.0 Å². The second kappa shape index (κ2) is 4.79. The SMILES string of the molecule is COC(=O)c1c(-c2cccc(OC)c2)noc1N. The Bertz CT molecular complexity index is 577. The summed E-state index contributed by atoms with van der Waals surface area (Å²) in [5.74, 6) is -0.0175. The minimum Gasteiger partial charge on any atom is -0.497 e. The van der Waals surface area contributed by atoms with Gasteiger partial charge in [-0.3, -0.25) is 0 Å². The zero-order valence-electron chi connectivity index (χ0n) is 9.97. The second-order valence-corrected chi connectivity index (χ2v) is 3.49. The highest BCUT2D eigenvalue weighted by Crippen LogP contribution is 2.29. The summed E-state index contributed by atoms with van der Waals surface area (Å²) in [5, 5.41) is 3.77. The smallest absolute Gasteiger partial charge is 0.345 e. The van der Waals surface area contributed by atoms with E-state index in [0.29, 0.717) is 17.0 Å². The molecule has 0 fully saturated rings. The minimum absolute atomic E-state index is 0.0698. The lowest BCUT2D eigenvalue weighted by molar-refractivity contribution is 0.0602. The quantitative estimate of drug-likeness (QED) is 0.832. The highest BCUT2D eigenvalue weighted by Gasteiger charge is 2.23. The number of ether oxygens (including phenoxy) is 2. The second-order valence-electron chi connectivity index (χ2n) is 3.49. The summed E-state index contributed by atoms with van der Waals surface area (Å²) in [4.78, 5) is 11.6. The van der Waals surface area contributed by atoms with Crippen molar-refractivity contribution in [1.82, 2.24) is 5.16 Å². The summed E-state index contributed by atoms with van der Waals surface area (Å²) in [6, 6.07) is 7.06. The van der Waals surface area contributed by atoms with Crippen molar-refractivity contribution in [3.8, 4) is 17.0 Å². The highest BCUT2D eigenvalue weighted by atomic mass is 16.5. The molecule has 1 heterocycles. The Morgan fingerprint density at radius 3 is 2.83 bits per heavy atom. The zero-order chi connectivity index (χ0) is 13.1. The minimum atomic E-state index is -0.591. The predicted octanol–water partition coefficient (Wildman–Crippen LogP) is 1.72. The van der Waals surface area contributed by atoms with Gasteiger partial charge in [0.15, 0.2) is 5.56 Å². The van der Waals surface area contributed by atoms with Gasteiger partial charge < -0.3 is 19.7 Å². The van der Waals surface area contributed by atoms with Crippen molar-refractivity contribution < 1.29 is 18.8 Å². The highest BCUT2D eigenvalue weighted by molar-refractivity contribution is 6.00. The molecule has 0 saturated heterocycles. The molecule has 0 amide bonds. The largest absolute Gasteiger partial charge is 0.497 e. The average Bonchev–Trinajstić information content (AvgIpc) is 2.80. The van der Waals surface area contributed by atoms with Gasteiger partial charge in [0.25, 0.3) is 0 Å². The first-order valence-corrected chi connectivity index (χ1v) is 5.15. The standard InChI is InChI=1S/C12H12N2O4/c1-16-8-5-3-4-7(6-8)10-9(12(15)17-2)11(13)18-14-10/h3-6H,13H2,1-2H3. The fraction of sp³-hybridized carbons (Fsp3) is 0.167. The molecule has 6 nitrogen and oxygen atoms in total. The van der Waals surface area contributed by atoms with Crippen LogP contribution in [-0.4, -0.2) is 25.3 Å². The first-order valence-electron chi connectivity index (χ1n) is 5.15. The number of nitrogen functional groups attached to an aromatic ring is 1. The van der Waals surface area contributed by atoms with E-state index in [9.17, 15) is 4.79 Å². The molecule has 2 rings (SSSR count). The van der Waals surface area contributed by atoms with Gasteiger partial charge >= 0.3 is 5.97 Å². The van der Waals surface area contributed by atoms with Gasteiger partial charge in [-0.1, -0.05) is 17.3 Å². The molecule has 0 aliphatic rings. The van der Waals surface area contributed by atoms with Gasteiger partial charge in [0, 0.05) is 5.56 Å². The molecular weight excluding hydrogens is 236 g/mol. The number of rotatable bonds is 3. The Labute approximate surface area is 103 Å². The Morgan fingerprint density at radius 1 is 1.39 bits per heavy atom. The molecule has 0 spiro atoms. The van der Waals surface area contributed by atoms with Gasteiger partial charge in [-0.15, -0.1) is 0 Å². The van der Waals surface area contributed by atoms with Crippen molar-refractivity contribution >= 4 is 11.9 Å². The van der Waals surface area contributed by atoms with E-state index in [-0.39, 0.29) is 11.4 Å². The topological polar surface area (TPSA) is 87.6 Å². The summed E-state index contributed by atoms with van der Waals surface area (Å²) in [6.45, 7) is 0. The lowest BCUT2D eigenvalue weighted by Crippen LogP contribution is -2.04. The van der Waals surface area contributed by atoms with E-state index in [1.807, 2.05) is 0 Å². The van der Waals surface area contributed by atoms with Crippen LogP contribution < -0.4 is 10.5 Å². The van der Waals surface area contributed by atoms with E-state index in [0.717, 1.165) is 0 Å². The lowest BCUT2D eigenvalue weighted by Gasteiger charge is -2.03. The number of methoxy groups -OCH3 is 2. The normalized spacial score (nSPS) is 10.1. The molecular formula is C12H12N2O4. The van der Waals surface area contributed by atoms with Gasteiger partial charge in [-0.25, -0.2) is 4.79 Å². The fourth-order valence-corrected chi connectivity index (χ4v) is 1.57. The molecule has 0 bridgehead atoms. The molecule has 0 unspecified atom stereocenters. The molecule has 2 N–H and O–H groups in total. The zero-order valence-corrected chi connectivity index (χ0v) is 9.97. The van der Waals surface area contributed by atoms with Gasteiger partial charge in [-0.2, -0.15) is 0 Å². The lowest BCUT2D eigenvalue weighted by atomic mass is 10.1. The molecule has 1 aromatic heterocycles. The summed E-state index contributed by atoms with van der Waals surface area (Å²) < 4.78 is 14.6. The van der Waals surface area contributed by atoms with Crippen LogP contribution >= 0.6 is 0 Å². The number of hydrogen-bond donors (Lipinski definition) is 1. The molecule has 18 heavy (non-hydrogen) atoms. The van der Waals surface area contributed by atoms with Crippen molar-refractivity contribution in [3.63, 3.8) is 0 Å². The van der Waals surface area contributed by atoms with Crippen molar-refractivity contribution in [2.45, 2.75) is 0 Å². The van der Waals surface area contributed by atoms with Crippen molar-refractivity contribution in [1.29, 1.82) is 0 Å². The molecule has 0 aliphatic carbocycles. The van der Waals surface area contributed by atoms with Crippen LogP contribution in [0.1, 0.15) is 10.4 Å². The van der Waals surface area contributed by atoms with Crippen LogP contribution in [0.2, 0.25) is 0 Å². The van der Waals surface area contributed by atoms with E-state index < -0.39 is 5.97 Å². The first-order chi connectivity index (χ1) is 8.67. The van der Waals surface area contributed by atoms with Gasteiger partial charge in [0.1, 0.15) is 11.4 Å². The summed E-state index contributed by atoms with van der Waals surface area (Å²) in [6.07, 6.45) is 0. The maximum absolute atomic E-state index is 11.6. The van der Waals surface area contributed by atoms with Crippen molar-refractivity contribution in [3.05, 3.63) is 29.8 Å². The van der Waals surface area contributed by atoms with Crippen LogP contribution in [0.15, 0.2) is 28.8 Å². The van der Waals surface area contributed by atoms with E-state index in [1.54, 1.807) is 31.4 Å². The van der Waals surface area contributed by atoms with E-state index >= 15 is 0 Å². The number of nitrogens with two attached hydrogens (primary N) is 1. The Balaban J connectivity index is 2.53. The Kier molecular flexibility index (Phi) is 3.18. The third-order valence-corrected chi connectivity index (χ3v) is 2.45. The number of esters is 1. The van der Waals surface area contributed by atoms with E-state index in [2.05, 4.69) is 9.89 Å². The first kappa shape index (κ1) is 12.0. The molecule has 6 heteroatoms. The number of aromatic nitrogens is 1. The predicted molar refractivity (Wildman–Crippen MR) is 64.2 cm³/mol. The Hall–Kier alpha value is -2.50. The molecule has 0 atom stereocenters. The summed E-state index contributed by atoms with van der Waals surface area (Å²) in [7, 11) is 2.82. The molecule has 0 radical (unpaired) electrons. The average molecular weight is 248 g/mol. The van der Waals surface area contributed by atoms with Crippen molar-refractivity contribution in [2.75, 3.05) is 20.0 Å². The Morgan fingerprint density at radius 2 is 2.17 bits per heavy atom. The fourth-order valence-electron chi connectivity index (χ4n) is 1.57. The van der Waals surface area contributed by atoms with Crippen LogP contribution in [0.3, 0.4) is 0 Å². The third-order valence-electron chi connectivity index (χ3n) is 2.45. The number of carbonyl (C=O) groups excluding carboxylic acids is 1. The molecule has 94 valence electrons. The maximum Gasteiger partial charge on any atom is 0.345 e. The van der Waals surface area contributed by atoms with Crippen molar-refractivity contribution in [2.24, 2.45) is 0 Å². The number of benzene rings is 1. The van der Waals surface area contributed by atoms with Crippen LogP contribution in [0.25, 0.3) is 11.3 Å². The number of nitrogens with zero attached hydrogens (tertiary/aromatic N) is 1. The van der Waals surface area contributed by atoms with Gasteiger partial charge in [0.05, 0.1) is 14.2 Å². The van der Waals surface area contributed by atoms with Gasteiger partial charge in [-0.05, 0) is 12.1 Å². The number of carbonyl (C=O) groups is 1. The van der Waals surface area contributed by atoms with Gasteiger partial charge in [0.2, 0.25) is 5.88 Å². The van der Waals surface area contributed by atoms with Crippen LogP contribution in [0.4, 0.5) is 5.88 Å². The van der Waals surface area contributed by atoms with E-state index in [1.165, 1.54) is 7.11 Å².